The molecule has 2 N–H and O–H groups in total. The van der Waals surface area contributed by atoms with Crippen molar-refractivity contribution < 1.29 is 9.53 Å². The van der Waals surface area contributed by atoms with Crippen molar-refractivity contribution in [3.8, 4) is 5.75 Å². The molecule has 0 spiro atoms. The van der Waals surface area contributed by atoms with Gasteiger partial charge in [0.2, 0.25) is 0 Å². The summed E-state index contributed by atoms with van der Waals surface area (Å²) in [6.07, 6.45) is 5.20. The Morgan fingerprint density at radius 3 is 2.72 bits per heavy atom. The molecule has 2 aromatic heterocycles. The molecule has 8 nitrogen and oxygen atoms in total. The minimum absolute atomic E-state index is 0.0183. The summed E-state index contributed by atoms with van der Waals surface area (Å²) in [6, 6.07) is 13.8. The van der Waals surface area contributed by atoms with E-state index in [1.54, 1.807) is 7.11 Å². The van der Waals surface area contributed by atoms with Crippen LogP contribution in [-0.4, -0.2) is 46.1 Å². The molecule has 1 fully saturated rings. The zero-order valence-electron chi connectivity index (χ0n) is 21.0. The molecule has 1 aliphatic heterocycles. The first-order valence-electron chi connectivity index (χ1n) is 12.6. The molecule has 1 saturated heterocycles. The lowest BCUT2D eigenvalue weighted by atomic mass is 9.88. The van der Waals surface area contributed by atoms with E-state index in [9.17, 15) is 4.79 Å². The summed E-state index contributed by atoms with van der Waals surface area (Å²) < 4.78 is 5.34. The monoisotopic (exact) mass is 484 g/mol. The van der Waals surface area contributed by atoms with Gasteiger partial charge in [0, 0.05) is 48.1 Å². The summed E-state index contributed by atoms with van der Waals surface area (Å²) in [4.78, 5) is 25.0. The van der Waals surface area contributed by atoms with Crippen molar-refractivity contribution in [1.82, 2.24) is 20.2 Å². The summed E-state index contributed by atoms with van der Waals surface area (Å²) >= 11 is 0. The first-order chi connectivity index (χ1) is 17.5. The Kier molecular flexibility index (Phi) is 6.84. The van der Waals surface area contributed by atoms with E-state index in [0.29, 0.717) is 0 Å². The van der Waals surface area contributed by atoms with Crippen LogP contribution in [0.3, 0.4) is 0 Å². The zero-order chi connectivity index (χ0) is 25.1. The number of rotatable bonds is 8. The number of nitrogens with one attached hydrogen (secondary N) is 2. The molecular formula is C28H32N6O2. The number of aromatic nitrogens is 4. The number of Topliss-reactive ketones (excluding diaryl/α,β-unsaturated/α-hetero) is 1. The lowest BCUT2D eigenvalue weighted by Crippen LogP contribution is -2.37. The van der Waals surface area contributed by atoms with Crippen molar-refractivity contribution in [2.24, 2.45) is 5.92 Å². The van der Waals surface area contributed by atoms with Crippen LogP contribution in [0.4, 0.5) is 17.3 Å². The minimum atomic E-state index is 0.0183. The number of fused-ring (bicyclic) bond motifs is 1. The molecule has 0 radical (unpaired) electrons. The van der Waals surface area contributed by atoms with Gasteiger partial charge in [0.05, 0.1) is 18.8 Å². The van der Waals surface area contributed by atoms with Crippen molar-refractivity contribution in [3.63, 3.8) is 0 Å². The van der Waals surface area contributed by atoms with Gasteiger partial charge in [-0.3, -0.25) is 9.89 Å². The lowest BCUT2D eigenvalue weighted by Gasteiger charge is -2.32. The fraction of sp³-hybridized carbons (Fsp3) is 0.357. The minimum Gasteiger partial charge on any atom is -0.496 e. The zero-order valence-corrected chi connectivity index (χ0v) is 21.0. The number of aromatic amines is 1. The predicted molar refractivity (Wildman–Crippen MR) is 142 cm³/mol. The van der Waals surface area contributed by atoms with Crippen LogP contribution in [0, 0.1) is 12.8 Å². The largest absolute Gasteiger partial charge is 0.496 e. The highest BCUT2D eigenvalue weighted by atomic mass is 16.5. The number of ether oxygens (including phenoxy) is 1. The van der Waals surface area contributed by atoms with Crippen LogP contribution in [-0.2, 0) is 6.42 Å². The Morgan fingerprint density at radius 1 is 1.14 bits per heavy atom. The van der Waals surface area contributed by atoms with E-state index in [4.69, 9.17) is 14.7 Å². The van der Waals surface area contributed by atoms with E-state index in [-0.39, 0.29) is 11.7 Å². The van der Waals surface area contributed by atoms with Gasteiger partial charge >= 0.3 is 0 Å². The summed E-state index contributed by atoms with van der Waals surface area (Å²) in [5.41, 5.74) is 3.66. The number of hydrogen-bond acceptors (Lipinski definition) is 7. The van der Waals surface area contributed by atoms with Crippen LogP contribution in [0.5, 0.6) is 5.75 Å². The van der Waals surface area contributed by atoms with Crippen LogP contribution < -0.4 is 15.0 Å². The van der Waals surface area contributed by atoms with E-state index < -0.39 is 0 Å². The number of carbonyl (C=O) groups is 1. The van der Waals surface area contributed by atoms with Gasteiger partial charge < -0.3 is 15.0 Å². The topological polar surface area (TPSA) is 96.0 Å². The van der Waals surface area contributed by atoms with E-state index in [2.05, 4.69) is 27.3 Å². The molecule has 1 aliphatic rings. The number of H-pyrrole nitrogens is 1. The number of anilines is 3. The number of nitrogens with zero attached hydrogens (tertiary/aromatic N) is 4. The number of hydrogen-bond donors (Lipinski definition) is 2. The molecule has 0 atom stereocenters. The second-order valence-electron chi connectivity index (χ2n) is 9.38. The summed E-state index contributed by atoms with van der Waals surface area (Å²) in [5, 5.41) is 11.6. The van der Waals surface area contributed by atoms with E-state index in [0.717, 1.165) is 89.7 Å². The SMILES string of the molecule is CCCc1nc(Nc2ccc3cn[nH]c3c2)cc(N2CCC(C(=O)c3ccc(OC)c(C)c3)CC2)n1. The molecule has 8 heteroatoms. The highest BCUT2D eigenvalue weighted by Gasteiger charge is 2.27. The van der Waals surface area contributed by atoms with Gasteiger partial charge in [0.1, 0.15) is 23.2 Å². The van der Waals surface area contributed by atoms with Crippen molar-refractivity contribution in [2.45, 2.75) is 39.5 Å². The van der Waals surface area contributed by atoms with Gasteiger partial charge in [-0.25, -0.2) is 9.97 Å². The standard InChI is InChI=1S/C28H32N6O2/c1-4-5-25-31-26(30-22-8-6-21-17-29-33-23(21)15-22)16-27(32-25)34-12-10-19(11-13-34)28(35)20-7-9-24(36-3)18(2)14-20/h6-9,14-17,19H,4-5,10-13H2,1-3H3,(H,29,33)(H,30,31,32). The van der Waals surface area contributed by atoms with Crippen molar-refractivity contribution >= 4 is 34.0 Å². The molecule has 0 aliphatic carbocycles. The second kappa shape index (κ2) is 10.4. The Balaban J connectivity index is 1.30. The molecule has 4 aromatic rings. The van der Waals surface area contributed by atoms with Gasteiger partial charge in [0.25, 0.3) is 0 Å². The molecule has 0 unspecified atom stereocenters. The van der Waals surface area contributed by atoms with Crippen LogP contribution in [0.15, 0.2) is 48.7 Å². The first kappa shape index (κ1) is 23.8. The van der Waals surface area contributed by atoms with Gasteiger partial charge in [-0.1, -0.05) is 6.92 Å². The maximum Gasteiger partial charge on any atom is 0.166 e. The highest BCUT2D eigenvalue weighted by molar-refractivity contribution is 5.98. The third kappa shape index (κ3) is 5.03. The van der Waals surface area contributed by atoms with Crippen LogP contribution >= 0.6 is 0 Å². The molecule has 0 saturated carbocycles. The van der Waals surface area contributed by atoms with Gasteiger partial charge in [-0.15, -0.1) is 0 Å². The Labute approximate surface area is 211 Å². The maximum atomic E-state index is 13.2. The maximum absolute atomic E-state index is 13.2. The molecule has 0 bridgehead atoms. The highest BCUT2D eigenvalue weighted by Crippen LogP contribution is 2.29. The normalized spacial score (nSPS) is 14.2. The molecule has 5 rings (SSSR count). The van der Waals surface area contributed by atoms with Gasteiger partial charge in [-0.05, 0) is 68.1 Å². The summed E-state index contributed by atoms with van der Waals surface area (Å²) in [6.45, 7) is 5.68. The molecule has 2 aromatic carbocycles. The van der Waals surface area contributed by atoms with Gasteiger partial charge in [-0.2, -0.15) is 5.10 Å². The average Bonchev–Trinajstić information content (AvgIpc) is 3.36. The Hall–Kier alpha value is -3.94. The summed E-state index contributed by atoms with van der Waals surface area (Å²) in [7, 11) is 1.65. The number of aryl methyl sites for hydroxylation is 2. The van der Waals surface area contributed by atoms with Gasteiger partial charge in [0.15, 0.2) is 5.78 Å². The number of carbonyl (C=O) groups excluding carboxylic acids is 1. The number of methoxy groups -OCH3 is 1. The quantitative estimate of drug-likeness (QED) is 0.320. The van der Waals surface area contributed by atoms with Crippen molar-refractivity contribution in [3.05, 3.63) is 65.6 Å². The van der Waals surface area contributed by atoms with Crippen molar-refractivity contribution in [2.75, 3.05) is 30.4 Å². The van der Waals surface area contributed by atoms with E-state index >= 15 is 0 Å². The van der Waals surface area contributed by atoms with E-state index in [1.807, 2.05) is 55.6 Å². The first-order valence-corrected chi connectivity index (χ1v) is 12.6. The number of ketones is 1. The van der Waals surface area contributed by atoms with Crippen LogP contribution in [0.2, 0.25) is 0 Å². The Bertz CT molecular complexity index is 1370. The molecule has 0 amide bonds. The third-order valence-electron chi connectivity index (χ3n) is 6.82. The van der Waals surface area contributed by atoms with E-state index in [1.165, 1.54) is 0 Å². The Morgan fingerprint density at radius 2 is 1.97 bits per heavy atom. The van der Waals surface area contributed by atoms with Crippen LogP contribution in [0.1, 0.15) is 47.9 Å². The fourth-order valence-electron chi connectivity index (χ4n) is 4.85. The molecule has 186 valence electrons. The number of benzene rings is 2. The smallest absolute Gasteiger partial charge is 0.166 e. The second-order valence-corrected chi connectivity index (χ2v) is 9.38. The lowest BCUT2D eigenvalue weighted by molar-refractivity contribution is 0.0900. The fourth-order valence-corrected chi connectivity index (χ4v) is 4.85. The molecular weight excluding hydrogens is 452 g/mol. The van der Waals surface area contributed by atoms with Crippen LogP contribution in [0.25, 0.3) is 10.9 Å². The molecule has 36 heavy (non-hydrogen) atoms. The third-order valence-corrected chi connectivity index (χ3v) is 6.82. The predicted octanol–water partition coefficient (Wildman–Crippen LogP) is 5.47. The van der Waals surface area contributed by atoms with Crippen molar-refractivity contribution in [1.29, 1.82) is 0 Å². The number of piperidine rings is 1. The average molecular weight is 485 g/mol. The molecule has 3 heterocycles. The summed E-state index contributed by atoms with van der Waals surface area (Å²) in [5.74, 6) is 3.55.